The second-order valence-corrected chi connectivity index (χ2v) is 5.62. The summed E-state index contributed by atoms with van der Waals surface area (Å²) in [6.07, 6.45) is 0. The van der Waals surface area contributed by atoms with Gasteiger partial charge in [0.05, 0.1) is 0 Å². The molecule has 3 N–H and O–H groups in total. The third-order valence-electron chi connectivity index (χ3n) is 3.96. The largest absolute Gasteiger partial charge is 0.354 e. The quantitative estimate of drug-likeness (QED) is 0.686. The van der Waals surface area contributed by atoms with Crippen LogP contribution in [0.1, 0.15) is 22.8 Å². The minimum atomic E-state index is -0.111. The van der Waals surface area contributed by atoms with Gasteiger partial charge in [0.1, 0.15) is 0 Å². The van der Waals surface area contributed by atoms with Gasteiger partial charge >= 0.3 is 0 Å². The Hall–Kier alpha value is -1.59. The van der Waals surface area contributed by atoms with Gasteiger partial charge < -0.3 is 16.0 Å². The van der Waals surface area contributed by atoms with E-state index in [9.17, 15) is 9.59 Å². The van der Waals surface area contributed by atoms with Crippen LogP contribution >= 0.6 is 12.4 Å². The molecule has 0 aromatic heterocycles. The van der Waals surface area contributed by atoms with Crippen molar-refractivity contribution in [3.63, 3.8) is 0 Å². The van der Waals surface area contributed by atoms with Crippen LogP contribution in [0.15, 0.2) is 24.3 Å². The summed E-state index contributed by atoms with van der Waals surface area (Å²) in [6.45, 7) is 6.66. The van der Waals surface area contributed by atoms with E-state index in [0.29, 0.717) is 24.6 Å². The summed E-state index contributed by atoms with van der Waals surface area (Å²) in [5.41, 5.74) is 1.76. The lowest BCUT2D eigenvalue weighted by Crippen LogP contribution is -2.50. The number of hydrogen-bond acceptors (Lipinski definition) is 3. The molecule has 0 spiro atoms. The molecule has 5 nitrogen and oxygen atoms in total. The smallest absolute Gasteiger partial charge is 0.251 e. The van der Waals surface area contributed by atoms with E-state index < -0.39 is 0 Å². The standard InChI is InChI=1S/C16H23N3O2.ClH/c1-11-3-5-13(6-4-11)16(21)19-8-7-18-15(20)12(2)14-9-17-10-14;/h3-6,12,14,17H,7-10H2,1-2H3,(H,18,20)(H,19,21);1H. The summed E-state index contributed by atoms with van der Waals surface area (Å²) in [5.74, 6) is 0.415. The first kappa shape index (κ1) is 18.5. The summed E-state index contributed by atoms with van der Waals surface area (Å²) < 4.78 is 0. The number of nitrogens with one attached hydrogen (secondary N) is 3. The molecule has 1 aromatic carbocycles. The number of amides is 2. The van der Waals surface area contributed by atoms with E-state index in [2.05, 4.69) is 16.0 Å². The van der Waals surface area contributed by atoms with Crippen LogP contribution in [0.5, 0.6) is 0 Å². The van der Waals surface area contributed by atoms with Crippen molar-refractivity contribution in [1.29, 1.82) is 0 Å². The molecule has 0 radical (unpaired) electrons. The summed E-state index contributed by atoms with van der Waals surface area (Å²) >= 11 is 0. The van der Waals surface area contributed by atoms with Crippen LogP contribution in [0.4, 0.5) is 0 Å². The van der Waals surface area contributed by atoms with E-state index in [4.69, 9.17) is 0 Å². The highest BCUT2D eigenvalue weighted by atomic mass is 35.5. The highest BCUT2D eigenvalue weighted by molar-refractivity contribution is 5.94. The average molecular weight is 326 g/mol. The second-order valence-electron chi connectivity index (χ2n) is 5.62. The van der Waals surface area contributed by atoms with Crippen molar-refractivity contribution in [2.45, 2.75) is 13.8 Å². The van der Waals surface area contributed by atoms with Crippen molar-refractivity contribution in [3.05, 3.63) is 35.4 Å². The first-order chi connectivity index (χ1) is 10.1. The Labute approximate surface area is 137 Å². The zero-order valence-electron chi connectivity index (χ0n) is 13.0. The van der Waals surface area contributed by atoms with Gasteiger partial charge in [0, 0.05) is 24.6 Å². The molecule has 22 heavy (non-hydrogen) atoms. The molecule has 122 valence electrons. The maximum absolute atomic E-state index is 11.9. The fourth-order valence-corrected chi connectivity index (χ4v) is 2.21. The Balaban J connectivity index is 0.00000242. The van der Waals surface area contributed by atoms with Crippen molar-refractivity contribution in [2.24, 2.45) is 11.8 Å². The van der Waals surface area contributed by atoms with E-state index >= 15 is 0 Å². The summed E-state index contributed by atoms with van der Waals surface area (Å²) in [5, 5.41) is 8.83. The van der Waals surface area contributed by atoms with E-state index in [1.807, 2.05) is 26.0 Å². The first-order valence-electron chi connectivity index (χ1n) is 7.41. The van der Waals surface area contributed by atoms with Gasteiger partial charge in [-0.15, -0.1) is 12.4 Å². The number of halogens is 1. The maximum Gasteiger partial charge on any atom is 0.251 e. The Kier molecular flexibility index (Phi) is 7.35. The molecule has 1 heterocycles. The molecule has 6 heteroatoms. The van der Waals surface area contributed by atoms with Crippen molar-refractivity contribution in [3.8, 4) is 0 Å². The lowest BCUT2D eigenvalue weighted by atomic mass is 9.88. The SMILES string of the molecule is Cc1ccc(C(=O)NCCNC(=O)C(C)C2CNC2)cc1.Cl. The predicted octanol–water partition coefficient (Wildman–Crippen LogP) is 1.12. The molecule has 0 bridgehead atoms. The fraction of sp³-hybridized carbons (Fsp3) is 0.500. The molecule has 1 fully saturated rings. The van der Waals surface area contributed by atoms with Gasteiger partial charge in [0.15, 0.2) is 0 Å². The van der Waals surface area contributed by atoms with Gasteiger partial charge in [-0.2, -0.15) is 0 Å². The number of hydrogen-bond donors (Lipinski definition) is 3. The fourth-order valence-electron chi connectivity index (χ4n) is 2.21. The van der Waals surface area contributed by atoms with Gasteiger partial charge in [-0.1, -0.05) is 24.6 Å². The highest BCUT2D eigenvalue weighted by Gasteiger charge is 2.28. The molecule has 1 aliphatic heterocycles. The van der Waals surface area contributed by atoms with Gasteiger partial charge in [0.2, 0.25) is 5.91 Å². The number of rotatable bonds is 6. The van der Waals surface area contributed by atoms with Gasteiger partial charge in [-0.05, 0) is 38.1 Å². The Morgan fingerprint density at radius 1 is 1.18 bits per heavy atom. The van der Waals surface area contributed by atoms with E-state index in [0.717, 1.165) is 18.7 Å². The monoisotopic (exact) mass is 325 g/mol. The normalized spacial score (nSPS) is 15.2. The minimum Gasteiger partial charge on any atom is -0.354 e. The summed E-state index contributed by atoms with van der Waals surface area (Å²) in [7, 11) is 0. The molecule has 2 amide bonds. The maximum atomic E-state index is 11.9. The van der Waals surface area contributed by atoms with Crippen molar-refractivity contribution in [1.82, 2.24) is 16.0 Å². The topological polar surface area (TPSA) is 70.2 Å². The van der Waals surface area contributed by atoms with Crippen molar-refractivity contribution in [2.75, 3.05) is 26.2 Å². The van der Waals surface area contributed by atoms with Crippen LogP contribution in [0.3, 0.4) is 0 Å². The van der Waals surface area contributed by atoms with E-state index in [1.165, 1.54) is 0 Å². The molecular formula is C16H24ClN3O2. The molecule has 1 unspecified atom stereocenters. The molecule has 1 aliphatic rings. The second kappa shape index (κ2) is 8.76. The third-order valence-corrected chi connectivity index (χ3v) is 3.96. The van der Waals surface area contributed by atoms with Crippen molar-refractivity contribution >= 4 is 24.2 Å². The van der Waals surface area contributed by atoms with Crippen LogP contribution in [-0.4, -0.2) is 38.0 Å². The third kappa shape index (κ3) is 5.00. The van der Waals surface area contributed by atoms with E-state index in [-0.39, 0.29) is 30.1 Å². The lowest BCUT2D eigenvalue weighted by Gasteiger charge is -2.31. The lowest BCUT2D eigenvalue weighted by molar-refractivity contribution is -0.126. The summed E-state index contributed by atoms with van der Waals surface area (Å²) in [6, 6.07) is 7.42. The predicted molar refractivity (Wildman–Crippen MR) is 89.3 cm³/mol. The molecule has 1 aromatic rings. The number of carbonyl (C=O) groups excluding carboxylic acids is 2. The van der Waals surface area contributed by atoms with E-state index in [1.54, 1.807) is 12.1 Å². The molecule has 0 saturated carbocycles. The summed E-state index contributed by atoms with van der Waals surface area (Å²) in [4.78, 5) is 23.7. The molecule has 2 rings (SSSR count). The van der Waals surface area contributed by atoms with Crippen LogP contribution in [0.25, 0.3) is 0 Å². The Morgan fingerprint density at radius 3 is 2.32 bits per heavy atom. The van der Waals surface area contributed by atoms with Crippen molar-refractivity contribution < 1.29 is 9.59 Å². The first-order valence-corrected chi connectivity index (χ1v) is 7.41. The Bertz CT molecular complexity index is 501. The highest BCUT2D eigenvalue weighted by Crippen LogP contribution is 2.15. The van der Waals surface area contributed by atoms with Crippen LogP contribution in [0.2, 0.25) is 0 Å². The zero-order valence-corrected chi connectivity index (χ0v) is 13.8. The van der Waals surface area contributed by atoms with Crippen LogP contribution < -0.4 is 16.0 Å². The number of carbonyl (C=O) groups is 2. The van der Waals surface area contributed by atoms with Crippen LogP contribution in [-0.2, 0) is 4.79 Å². The molecule has 1 saturated heterocycles. The molecule has 0 aliphatic carbocycles. The van der Waals surface area contributed by atoms with Gasteiger partial charge in [0.25, 0.3) is 5.91 Å². The molecule has 1 atom stereocenters. The van der Waals surface area contributed by atoms with Gasteiger partial charge in [-0.3, -0.25) is 9.59 Å². The zero-order chi connectivity index (χ0) is 15.2. The van der Waals surface area contributed by atoms with Gasteiger partial charge in [-0.25, -0.2) is 0 Å². The minimum absolute atomic E-state index is 0. The number of benzene rings is 1. The molecular weight excluding hydrogens is 302 g/mol. The van der Waals surface area contributed by atoms with Crippen LogP contribution in [0, 0.1) is 18.8 Å². The number of aryl methyl sites for hydroxylation is 1. The Morgan fingerprint density at radius 2 is 1.77 bits per heavy atom. The average Bonchev–Trinajstić information content (AvgIpc) is 2.42.